The van der Waals surface area contributed by atoms with Crippen LogP contribution in [0.4, 0.5) is 0 Å². The summed E-state index contributed by atoms with van der Waals surface area (Å²) in [5, 5.41) is 0. The number of carbonyl (C=O) groups is 1. The summed E-state index contributed by atoms with van der Waals surface area (Å²) in [6, 6.07) is 0. The lowest BCUT2D eigenvalue weighted by atomic mass is 10.1. The van der Waals surface area contributed by atoms with Crippen molar-refractivity contribution < 1.29 is 27.7 Å². The Balaban J connectivity index is 2.06. The average molecular weight is 260 g/mol. The lowest BCUT2D eigenvalue weighted by Gasteiger charge is -2.29. The predicted molar refractivity (Wildman–Crippen MR) is 58.2 cm³/mol. The molecule has 0 saturated carbocycles. The quantitative estimate of drug-likeness (QED) is 0.325. The molecule has 0 aromatic heterocycles. The topological polar surface area (TPSA) is 71.1 Å². The van der Waals surface area contributed by atoms with Crippen molar-refractivity contribution in [3.63, 3.8) is 0 Å². The number of methoxy groups -OCH3 is 1. The lowest BCUT2D eigenvalue weighted by Crippen LogP contribution is -2.25. The standard InChI is InChI=1S/C10H13O6P/c1-13-10(11)5-4-9-7-8-3-2-6-14-17(12,15-8)16-9/h2-5,8-9H,6-7H2,1H3/b5-4+/t8-,9-,17?/m0/s1. The van der Waals surface area contributed by atoms with Crippen LogP contribution in [0.2, 0.25) is 0 Å². The van der Waals surface area contributed by atoms with E-state index >= 15 is 0 Å². The highest BCUT2D eigenvalue weighted by molar-refractivity contribution is 7.48. The van der Waals surface area contributed by atoms with Gasteiger partial charge in [-0.1, -0.05) is 12.2 Å². The fourth-order valence-electron chi connectivity index (χ4n) is 1.56. The highest BCUT2D eigenvalue weighted by atomic mass is 31.2. The Labute approximate surface area is 98.8 Å². The number of carbonyl (C=O) groups excluding carboxylic acids is 1. The van der Waals surface area contributed by atoms with E-state index in [1.165, 1.54) is 19.3 Å². The van der Waals surface area contributed by atoms with Crippen molar-refractivity contribution in [2.24, 2.45) is 0 Å². The first-order valence-electron chi connectivity index (χ1n) is 5.15. The van der Waals surface area contributed by atoms with Gasteiger partial charge < -0.3 is 4.74 Å². The first kappa shape index (κ1) is 12.5. The van der Waals surface area contributed by atoms with Gasteiger partial charge in [0, 0.05) is 12.5 Å². The van der Waals surface area contributed by atoms with Gasteiger partial charge in [0.25, 0.3) is 0 Å². The number of hydrogen-bond acceptors (Lipinski definition) is 6. The number of esters is 1. The molecule has 0 N–H and O–H groups in total. The van der Waals surface area contributed by atoms with Crippen molar-refractivity contribution in [2.45, 2.75) is 18.6 Å². The molecule has 2 aliphatic rings. The van der Waals surface area contributed by atoms with Gasteiger partial charge in [-0.05, 0) is 6.08 Å². The van der Waals surface area contributed by atoms with E-state index < -0.39 is 19.9 Å². The normalized spacial score (nSPS) is 36.8. The highest BCUT2D eigenvalue weighted by Gasteiger charge is 2.39. The third kappa shape index (κ3) is 3.26. The zero-order valence-corrected chi connectivity index (χ0v) is 10.2. The number of hydrogen-bond donors (Lipinski definition) is 0. The minimum absolute atomic E-state index is 0.196. The van der Waals surface area contributed by atoms with E-state index in [4.69, 9.17) is 13.6 Å². The van der Waals surface area contributed by atoms with Crippen LogP contribution in [-0.2, 0) is 27.7 Å². The molecule has 0 spiro atoms. The zero-order valence-electron chi connectivity index (χ0n) is 9.28. The molecule has 7 heteroatoms. The molecule has 2 heterocycles. The van der Waals surface area contributed by atoms with Crippen LogP contribution in [0.3, 0.4) is 0 Å². The number of ether oxygens (including phenoxy) is 1. The van der Waals surface area contributed by atoms with Crippen molar-refractivity contribution >= 4 is 13.8 Å². The van der Waals surface area contributed by atoms with Gasteiger partial charge in [0.15, 0.2) is 0 Å². The van der Waals surface area contributed by atoms with E-state index in [0.29, 0.717) is 6.42 Å². The smallest absolute Gasteiger partial charge is 0.466 e. The van der Waals surface area contributed by atoms with Crippen molar-refractivity contribution in [1.29, 1.82) is 0 Å². The molecular weight excluding hydrogens is 247 g/mol. The predicted octanol–water partition coefficient (Wildman–Crippen LogP) is 1.58. The Morgan fingerprint density at radius 2 is 2.35 bits per heavy atom. The molecule has 17 heavy (non-hydrogen) atoms. The van der Waals surface area contributed by atoms with Crippen molar-refractivity contribution in [2.75, 3.05) is 13.7 Å². The number of fused-ring (bicyclic) bond motifs is 2. The van der Waals surface area contributed by atoms with Crippen LogP contribution in [0, 0.1) is 0 Å². The molecule has 0 aromatic rings. The summed E-state index contributed by atoms with van der Waals surface area (Å²) < 4.78 is 31.8. The van der Waals surface area contributed by atoms with Gasteiger partial charge in [0.05, 0.1) is 25.9 Å². The second-order valence-corrected chi connectivity index (χ2v) is 5.15. The molecule has 0 aliphatic carbocycles. The van der Waals surface area contributed by atoms with Gasteiger partial charge >= 0.3 is 13.8 Å². The molecule has 2 bridgehead atoms. The van der Waals surface area contributed by atoms with Gasteiger partial charge in [-0.2, -0.15) is 0 Å². The van der Waals surface area contributed by atoms with Crippen LogP contribution >= 0.6 is 7.82 Å². The Bertz CT molecular complexity index is 402. The fourth-order valence-corrected chi connectivity index (χ4v) is 2.97. The number of rotatable bonds is 2. The maximum atomic E-state index is 12.0. The monoisotopic (exact) mass is 260 g/mol. The molecule has 1 unspecified atom stereocenters. The third-order valence-corrected chi connectivity index (χ3v) is 3.84. The van der Waals surface area contributed by atoms with E-state index in [1.807, 2.05) is 0 Å². The van der Waals surface area contributed by atoms with Crippen molar-refractivity contribution in [3.05, 3.63) is 24.3 Å². The maximum Gasteiger partial charge on any atom is 0.476 e. The summed E-state index contributed by atoms with van der Waals surface area (Å²) in [4.78, 5) is 10.9. The van der Waals surface area contributed by atoms with Crippen LogP contribution in [-0.4, -0.2) is 31.9 Å². The first-order chi connectivity index (χ1) is 8.11. The lowest BCUT2D eigenvalue weighted by molar-refractivity contribution is -0.134. The van der Waals surface area contributed by atoms with E-state index in [9.17, 15) is 9.36 Å². The molecule has 3 atom stereocenters. The van der Waals surface area contributed by atoms with Gasteiger partial charge in [0.2, 0.25) is 0 Å². The van der Waals surface area contributed by atoms with E-state index in [1.54, 1.807) is 12.2 Å². The Morgan fingerprint density at radius 3 is 3.12 bits per heavy atom. The number of phosphoric ester groups is 1. The van der Waals surface area contributed by atoms with Gasteiger partial charge in [0.1, 0.15) is 0 Å². The van der Waals surface area contributed by atoms with Gasteiger partial charge in [-0.15, -0.1) is 0 Å². The minimum Gasteiger partial charge on any atom is -0.466 e. The summed E-state index contributed by atoms with van der Waals surface area (Å²) >= 11 is 0. The van der Waals surface area contributed by atoms with Crippen LogP contribution in [0.5, 0.6) is 0 Å². The second-order valence-electron chi connectivity index (χ2n) is 3.58. The van der Waals surface area contributed by atoms with Crippen LogP contribution < -0.4 is 0 Å². The van der Waals surface area contributed by atoms with E-state index in [2.05, 4.69) is 4.74 Å². The third-order valence-electron chi connectivity index (χ3n) is 2.32. The van der Waals surface area contributed by atoms with E-state index in [0.717, 1.165) is 0 Å². The fraction of sp³-hybridized carbons (Fsp3) is 0.500. The molecule has 1 fully saturated rings. The highest BCUT2D eigenvalue weighted by Crippen LogP contribution is 2.56. The molecule has 2 aliphatic heterocycles. The second kappa shape index (κ2) is 5.14. The molecular formula is C10H13O6P. The van der Waals surface area contributed by atoms with E-state index in [-0.39, 0.29) is 12.7 Å². The Morgan fingerprint density at radius 1 is 1.53 bits per heavy atom. The van der Waals surface area contributed by atoms with Crippen molar-refractivity contribution in [1.82, 2.24) is 0 Å². The number of phosphoric acid groups is 1. The summed E-state index contributed by atoms with van der Waals surface area (Å²) in [5.41, 5.74) is 0. The molecule has 0 aromatic carbocycles. The first-order valence-corrected chi connectivity index (χ1v) is 6.61. The molecule has 6 nitrogen and oxygen atoms in total. The van der Waals surface area contributed by atoms with Gasteiger partial charge in [-0.25, -0.2) is 9.36 Å². The maximum absolute atomic E-state index is 12.0. The summed E-state index contributed by atoms with van der Waals surface area (Å²) in [6.45, 7) is 0.196. The minimum atomic E-state index is -3.50. The summed E-state index contributed by atoms with van der Waals surface area (Å²) in [5.74, 6) is -0.488. The molecule has 0 radical (unpaired) electrons. The largest absolute Gasteiger partial charge is 0.476 e. The molecule has 94 valence electrons. The van der Waals surface area contributed by atoms with Gasteiger partial charge in [-0.3, -0.25) is 13.6 Å². The summed E-state index contributed by atoms with van der Waals surface area (Å²) in [6.07, 6.45) is 5.93. The SMILES string of the molecule is COC(=O)/C=C/[C@H]1C[C@@H]2C=CCOP(=O)(O2)O1. The molecule has 2 rings (SSSR count). The van der Waals surface area contributed by atoms with Crippen LogP contribution in [0.15, 0.2) is 24.3 Å². The average Bonchev–Trinajstić information content (AvgIpc) is 2.43. The Kier molecular flexibility index (Phi) is 3.79. The van der Waals surface area contributed by atoms with Crippen LogP contribution in [0.25, 0.3) is 0 Å². The zero-order chi connectivity index (χ0) is 12.3. The molecule has 1 saturated heterocycles. The summed E-state index contributed by atoms with van der Waals surface area (Å²) in [7, 11) is -2.21. The Hall–Kier alpha value is -0.940. The van der Waals surface area contributed by atoms with Crippen molar-refractivity contribution in [3.8, 4) is 0 Å². The molecule has 0 amide bonds. The van der Waals surface area contributed by atoms with Crippen LogP contribution in [0.1, 0.15) is 6.42 Å².